The van der Waals surface area contributed by atoms with Gasteiger partial charge in [-0.3, -0.25) is 4.79 Å². The van der Waals surface area contributed by atoms with Crippen molar-refractivity contribution in [1.29, 1.82) is 0 Å². The van der Waals surface area contributed by atoms with Gasteiger partial charge in [-0.05, 0) is 47.5 Å². The van der Waals surface area contributed by atoms with Gasteiger partial charge in [0.05, 0.1) is 4.88 Å². The zero-order chi connectivity index (χ0) is 20.4. The van der Waals surface area contributed by atoms with Crippen LogP contribution in [0.4, 0.5) is 0 Å². The molecule has 0 spiro atoms. The quantitative estimate of drug-likeness (QED) is 0.600. The molecule has 1 amide bonds. The molecule has 2 aromatic carbocycles. The summed E-state index contributed by atoms with van der Waals surface area (Å²) in [6.07, 6.45) is 4.50. The molecule has 1 N–H and O–H groups in total. The number of carbonyl (C=O) groups excluding carboxylic acids is 1. The first-order valence-corrected chi connectivity index (χ1v) is 11.4. The van der Waals surface area contributed by atoms with Crippen LogP contribution in [0.5, 0.6) is 11.5 Å². The van der Waals surface area contributed by atoms with Crippen molar-refractivity contribution < 1.29 is 14.3 Å². The van der Waals surface area contributed by atoms with Gasteiger partial charge in [-0.2, -0.15) is 0 Å². The van der Waals surface area contributed by atoms with E-state index in [1.54, 1.807) is 0 Å². The van der Waals surface area contributed by atoms with Crippen LogP contribution >= 0.6 is 11.3 Å². The van der Waals surface area contributed by atoms with Gasteiger partial charge >= 0.3 is 0 Å². The number of amides is 1. The molecule has 154 valence electrons. The Morgan fingerprint density at radius 1 is 0.967 bits per heavy atom. The van der Waals surface area contributed by atoms with Crippen molar-refractivity contribution in [2.24, 2.45) is 0 Å². The molecule has 0 unspecified atom stereocenters. The van der Waals surface area contributed by atoms with Crippen molar-refractivity contribution in [2.75, 3.05) is 19.8 Å². The predicted molar refractivity (Wildman–Crippen MR) is 120 cm³/mol. The highest BCUT2D eigenvalue weighted by atomic mass is 32.1. The number of hydrogen-bond donors (Lipinski definition) is 1. The highest BCUT2D eigenvalue weighted by Gasteiger charge is 2.37. The third kappa shape index (κ3) is 3.58. The second-order valence-electron chi connectivity index (χ2n) is 8.06. The Morgan fingerprint density at radius 3 is 2.53 bits per heavy atom. The van der Waals surface area contributed by atoms with Crippen LogP contribution in [-0.4, -0.2) is 25.7 Å². The minimum atomic E-state index is -0.0460. The highest BCUT2D eigenvalue weighted by molar-refractivity contribution is 7.12. The van der Waals surface area contributed by atoms with Gasteiger partial charge in [0.1, 0.15) is 13.2 Å². The van der Waals surface area contributed by atoms with Crippen molar-refractivity contribution in [3.05, 3.63) is 70.4 Å². The molecule has 0 atom stereocenters. The molecule has 5 rings (SSSR count). The molecule has 1 aromatic heterocycles. The number of nitrogens with one attached hydrogen (secondary N) is 1. The average molecular weight is 420 g/mol. The van der Waals surface area contributed by atoms with Gasteiger partial charge in [0.15, 0.2) is 11.5 Å². The normalized spacial score (nSPS) is 16.9. The maximum Gasteiger partial charge on any atom is 0.262 e. The Balaban J connectivity index is 1.37. The zero-order valence-electron chi connectivity index (χ0n) is 16.9. The SMILES string of the molecule is O=C(NCC1(c2ccc3c(c2)OCCO3)CCCC1)c1sccc1-c1ccccc1. The third-order valence-corrected chi connectivity index (χ3v) is 7.17. The molecule has 0 saturated heterocycles. The summed E-state index contributed by atoms with van der Waals surface area (Å²) < 4.78 is 11.5. The number of fused-ring (bicyclic) bond motifs is 1. The number of ether oxygens (including phenoxy) is 2. The molecule has 1 aliphatic heterocycles. The first-order chi connectivity index (χ1) is 14.8. The van der Waals surface area contributed by atoms with Crippen LogP contribution in [0, 0.1) is 0 Å². The monoisotopic (exact) mass is 419 g/mol. The van der Waals surface area contributed by atoms with E-state index in [-0.39, 0.29) is 11.3 Å². The number of rotatable bonds is 5. The summed E-state index contributed by atoms with van der Waals surface area (Å²) in [6.45, 7) is 1.82. The van der Waals surface area contributed by atoms with E-state index >= 15 is 0 Å². The van der Waals surface area contributed by atoms with Crippen LogP contribution in [0.25, 0.3) is 11.1 Å². The van der Waals surface area contributed by atoms with E-state index in [2.05, 4.69) is 17.4 Å². The Morgan fingerprint density at radius 2 is 1.73 bits per heavy atom. The van der Waals surface area contributed by atoms with Gasteiger partial charge in [-0.25, -0.2) is 0 Å². The lowest BCUT2D eigenvalue weighted by atomic mass is 9.78. The van der Waals surface area contributed by atoms with Gasteiger partial charge in [-0.1, -0.05) is 49.2 Å². The smallest absolute Gasteiger partial charge is 0.262 e. The molecule has 0 radical (unpaired) electrons. The van der Waals surface area contributed by atoms with E-state index in [1.165, 1.54) is 29.7 Å². The summed E-state index contributed by atoms with van der Waals surface area (Å²) in [5.74, 6) is 1.64. The number of hydrogen-bond acceptors (Lipinski definition) is 4. The minimum Gasteiger partial charge on any atom is -0.486 e. The summed E-state index contributed by atoms with van der Waals surface area (Å²) >= 11 is 1.50. The Hall–Kier alpha value is -2.79. The Labute approximate surface area is 180 Å². The van der Waals surface area contributed by atoms with E-state index < -0.39 is 0 Å². The molecule has 1 saturated carbocycles. The van der Waals surface area contributed by atoms with Gasteiger partial charge in [-0.15, -0.1) is 11.3 Å². The molecule has 1 aliphatic carbocycles. The predicted octanol–water partition coefficient (Wildman–Crippen LogP) is 5.43. The summed E-state index contributed by atoms with van der Waals surface area (Å²) in [7, 11) is 0. The number of benzene rings is 2. The second kappa shape index (κ2) is 8.15. The first kappa shape index (κ1) is 19.2. The molecular formula is C25H25NO3S. The summed E-state index contributed by atoms with van der Waals surface area (Å²) in [5, 5.41) is 5.25. The lowest BCUT2D eigenvalue weighted by molar-refractivity contribution is 0.0947. The average Bonchev–Trinajstić information content (AvgIpc) is 3.48. The number of carbonyl (C=O) groups is 1. The standard InChI is InChI=1S/C25H25NO3S/c27-24(23-20(10-15-30-23)18-6-2-1-3-7-18)26-17-25(11-4-5-12-25)19-8-9-21-22(16-19)29-14-13-28-21/h1-3,6-10,15-16H,4-5,11-14,17H2,(H,26,27). The van der Waals surface area contributed by atoms with Crippen LogP contribution in [-0.2, 0) is 5.41 Å². The largest absolute Gasteiger partial charge is 0.486 e. The fraction of sp³-hybridized carbons (Fsp3) is 0.320. The summed E-state index contributed by atoms with van der Waals surface area (Å²) in [5.41, 5.74) is 3.26. The summed E-state index contributed by atoms with van der Waals surface area (Å²) in [4.78, 5) is 13.9. The molecule has 4 nitrogen and oxygen atoms in total. The van der Waals surface area contributed by atoms with Crippen molar-refractivity contribution >= 4 is 17.2 Å². The zero-order valence-corrected chi connectivity index (χ0v) is 17.7. The van der Waals surface area contributed by atoms with E-state index in [0.29, 0.717) is 19.8 Å². The van der Waals surface area contributed by atoms with Crippen molar-refractivity contribution in [3.8, 4) is 22.6 Å². The van der Waals surface area contributed by atoms with E-state index in [1.807, 2.05) is 47.8 Å². The molecule has 2 heterocycles. The minimum absolute atomic E-state index is 0.00710. The van der Waals surface area contributed by atoms with E-state index in [0.717, 1.165) is 40.3 Å². The van der Waals surface area contributed by atoms with E-state index in [9.17, 15) is 4.79 Å². The molecule has 1 fully saturated rings. The maximum atomic E-state index is 13.1. The van der Waals surface area contributed by atoms with Crippen LogP contribution in [0.2, 0.25) is 0 Å². The Bertz CT molecular complexity index is 1040. The van der Waals surface area contributed by atoms with Crippen LogP contribution in [0.1, 0.15) is 40.9 Å². The highest BCUT2D eigenvalue weighted by Crippen LogP contribution is 2.44. The molecule has 2 aliphatic rings. The lowest BCUT2D eigenvalue weighted by Crippen LogP contribution is -2.39. The third-order valence-electron chi connectivity index (χ3n) is 6.26. The fourth-order valence-corrected chi connectivity index (χ4v) is 5.48. The van der Waals surface area contributed by atoms with Crippen LogP contribution in [0.15, 0.2) is 60.0 Å². The lowest BCUT2D eigenvalue weighted by Gasteiger charge is -2.31. The molecule has 0 bridgehead atoms. The van der Waals surface area contributed by atoms with Gasteiger partial charge in [0.25, 0.3) is 5.91 Å². The molecule has 3 aromatic rings. The first-order valence-electron chi connectivity index (χ1n) is 10.6. The number of thiophene rings is 1. The molecule has 30 heavy (non-hydrogen) atoms. The van der Waals surface area contributed by atoms with Crippen molar-refractivity contribution in [3.63, 3.8) is 0 Å². The fourth-order valence-electron chi connectivity index (χ4n) is 4.65. The second-order valence-corrected chi connectivity index (χ2v) is 8.97. The van der Waals surface area contributed by atoms with Crippen molar-refractivity contribution in [2.45, 2.75) is 31.1 Å². The van der Waals surface area contributed by atoms with Gasteiger partial charge in [0.2, 0.25) is 0 Å². The van der Waals surface area contributed by atoms with Gasteiger partial charge < -0.3 is 14.8 Å². The summed E-state index contributed by atoms with van der Waals surface area (Å²) in [6, 6.07) is 18.4. The molecular weight excluding hydrogens is 394 g/mol. The molecule has 5 heteroatoms. The van der Waals surface area contributed by atoms with Crippen LogP contribution in [0.3, 0.4) is 0 Å². The van der Waals surface area contributed by atoms with Crippen molar-refractivity contribution in [1.82, 2.24) is 5.32 Å². The Kier molecular flexibility index (Phi) is 5.21. The topological polar surface area (TPSA) is 47.6 Å². The maximum absolute atomic E-state index is 13.1. The van der Waals surface area contributed by atoms with E-state index in [4.69, 9.17) is 9.47 Å². The van der Waals surface area contributed by atoms with Gasteiger partial charge in [0, 0.05) is 17.5 Å². The van der Waals surface area contributed by atoms with Crippen LogP contribution < -0.4 is 14.8 Å².